The molecule has 1 fully saturated rings. The summed E-state index contributed by atoms with van der Waals surface area (Å²) in [5.41, 5.74) is 1.88. The number of amides is 1. The van der Waals surface area contributed by atoms with Gasteiger partial charge < -0.3 is 9.88 Å². The quantitative estimate of drug-likeness (QED) is 0.761. The van der Waals surface area contributed by atoms with Gasteiger partial charge in [0.05, 0.1) is 17.6 Å². The van der Waals surface area contributed by atoms with Crippen molar-refractivity contribution in [2.75, 3.05) is 0 Å². The van der Waals surface area contributed by atoms with Crippen LogP contribution in [0, 0.1) is 0 Å². The van der Waals surface area contributed by atoms with Crippen molar-refractivity contribution in [1.82, 2.24) is 25.1 Å². The lowest BCUT2D eigenvalue weighted by Crippen LogP contribution is -2.26. The highest BCUT2D eigenvalue weighted by molar-refractivity contribution is 5.91. The van der Waals surface area contributed by atoms with Crippen LogP contribution in [-0.4, -0.2) is 25.7 Å². The van der Waals surface area contributed by atoms with Gasteiger partial charge in [-0.15, -0.1) is 0 Å². The summed E-state index contributed by atoms with van der Waals surface area (Å²) in [6.45, 7) is 0.324. The first-order valence-corrected chi connectivity index (χ1v) is 7.52. The normalized spacial score (nSPS) is 14.1. The van der Waals surface area contributed by atoms with E-state index in [1.807, 2.05) is 18.2 Å². The van der Waals surface area contributed by atoms with Gasteiger partial charge >= 0.3 is 0 Å². The molecule has 4 rings (SSSR count). The van der Waals surface area contributed by atoms with Crippen LogP contribution < -0.4 is 10.9 Å². The molecule has 0 bridgehead atoms. The van der Waals surface area contributed by atoms with Gasteiger partial charge in [-0.05, 0) is 31.0 Å². The molecule has 0 aliphatic heterocycles. The Bertz CT molecular complexity index is 919. The summed E-state index contributed by atoms with van der Waals surface area (Å²) in [5.74, 6) is 0.502. The Balaban J connectivity index is 1.58. The van der Waals surface area contributed by atoms with Gasteiger partial charge in [0.15, 0.2) is 0 Å². The van der Waals surface area contributed by atoms with Gasteiger partial charge in [0.1, 0.15) is 11.5 Å². The number of imidazole rings is 1. The van der Waals surface area contributed by atoms with Crippen molar-refractivity contribution in [1.29, 1.82) is 0 Å². The van der Waals surface area contributed by atoms with Gasteiger partial charge in [-0.1, -0.05) is 12.1 Å². The van der Waals surface area contributed by atoms with E-state index in [2.05, 4.69) is 31.1 Å². The van der Waals surface area contributed by atoms with E-state index in [9.17, 15) is 9.59 Å². The number of carbonyl (C=O) groups is 1. The zero-order valence-electron chi connectivity index (χ0n) is 12.3. The lowest BCUT2D eigenvalue weighted by Gasteiger charge is -2.08. The summed E-state index contributed by atoms with van der Waals surface area (Å²) >= 11 is 0. The molecule has 2 N–H and O–H groups in total. The standard InChI is InChI=1S/C16H15N5O2/c22-15-8-7-12(19-20-15)16(23)17-9-14-18-11-3-1-2-4-13(11)21(14)10-5-6-10/h1-4,7-8,10H,5-6,9H2,(H,17,23)(H,20,22). The van der Waals surface area contributed by atoms with Gasteiger partial charge in [0.2, 0.25) is 0 Å². The second-order valence-corrected chi connectivity index (χ2v) is 5.61. The number of carbonyl (C=O) groups excluding carboxylic acids is 1. The second kappa shape index (κ2) is 5.35. The molecule has 7 heteroatoms. The number of aromatic nitrogens is 4. The van der Waals surface area contributed by atoms with E-state index >= 15 is 0 Å². The lowest BCUT2D eigenvalue weighted by molar-refractivity contribution is 0.0943. The number of nitrogens with zero attached hydrogens (tertiary/aromatic N) is 3. The van der Waals surface area contributed by atoms with E-state index in [4.69, 9.17) is 0 Å². The second-order valence-electron chi connectivity index (χ2n) is 5.61. The number of aromatic amines is 1. The molecule has 1 aliphatic rings. The molecular weight excluding hydrogens is 294 g/mol. The highest BCUT2D eigenvalue weighted by Gasteiger charge is 2.28. The maximum atomic E-state index is 12.1. The minimum Gasteiger partial charge on any atom is -0.343 e. The van der Waals surface area contributed by atoms with E-state index < -0.39 is 0 Å². The van der Waals surface area contributed by atoms with Crippen molar-refractivity contribution in [2.24, 2.45) is 0 Å². The number of hydrogen-bond acceptors (Lipinski definition) is 4. The maximum Gasteiger partial charge on any atom is 0.272 e. The highest BCUT2D eigenvalue weighted by atomic mass is 16.2. The van der Waals surface area contributed by atoms with Crippen LogP contribution in [0.5, 0.6) is 0 Å². The van der Waals surface area contributed by atoms with Crippen molar-refractivity contribution in [3.63, 3.8) is 0 Å². The summed E-state index contributed by atoms with van der Waals surface area (Å²) in [6.07, 6.45) is 2.28. The van der Waals surface area contributed by atoms with Gasteiger partial charge in [-0.2, -0.15) is 5.10 Å². The maximum absolute atomic E-state index is 12.1. The Morgan fingerprint density at radius 2 is 2.09 bits per heavy atom. The lowest BCUT2D eigenvalue weighted by atomic mass is 10.3. The van der Waals surface area contributed by atoms with Crippen LogP contribution in [0.25, 0.3) is 11.0 Å². The zero-order chi connectivity index (χ0) is 15.8. The molecule has 1 aliphatic carbocycles. The minimum atomic E-state index is -0.337. The van der Waals surface area contributed by atoms with Crippen LogP contribution in [0.2, 0.25) is 0 Å². The average molecular weight is 309 g/mol. The first kappa shape index (κ1) is 13.7. The molecule has 2 heterocycles. The van der Waals surface area contributed by atoms with E-state index in [-0.39, 0.29) is 17.2 Å². The summed E-state index contributed by atoms with van der Waals surface area (Å²) in [4.78, 5) is 27.7. The molecule has 2 aromatic heterocycles. The summed E-state index contributed by atoms with van der Waals surface area (Å²) in [6, 6.07) is 11.1. The molecule has 0 atom stereocenters. The van der Waals surface area contributed by atoms with Crippen LogP contribution in [0.1, 0.15) is 35.2 Å². The van der Waals surface area contributed by atoms with Crippen LogP contribution in [0.4, 0.5) is 0 Å². The predicted molar refractivity (Wildman–Crippen MR) is 84.0 cm³/mol. The minimum absolute atomic E-state index is 0.179. The molecule has 116 valence electrons. The average Bonchev–Trinajstić information content (AvgIpc) is 3.33. The molecule has 0 radical (unpaired) electrons. The first-order chi connectivity index (χ1) is 11.2. The Morgan fingerprint density at radius 3 is 2.83 bits per heavy atom. The third-order valence-electron chi connectivity index (χ3n) is 3.90. The third-order valence-corrected chi connectivity index (χ3v) is 3.90. The summed E-state index contributed by atoms with van der Waals surface area (Å²) in [5, 5.41) is 8.79. The molecule has 1 saturated carbocycles. The molecule has 7 nitrogen and oxygen atoms in total. The van der Waals surface area contributed by atoms with Crippen LogP contribution in [-0.2, 0) is 6.54 Å². The van der Waals surface area contributed by atoms with Crippen LogP contribution >= 0.6 is 0 Å². The smallest absolute Gasteiger partial charge is 0.272 e. The molecule has 23 heavy (non-hydrogen) atoms. The van der Waals surface area contributed by atoms with E-state index in [1.54, 1.807) is 0 Å². The van der Waals surface area contributed by atoms with Gasteiger partial charge in [-0.25, -0.2) is 10.1 Å². The van der Waals surface area contributed by atoms with Gasteiger partial charge in [0.25, 0.3) is 11.5 Å². The van der Waals surface area contributed by atoms with Crippen molar-refractivity contribution >= 4 is 16.9 Å². The highest BCUT2D eigenvalue weighted by Crippen LogP contribution is 2.38. The number of benzene rings is 1. The Morgan fingerprint density at radius 1 is 1.26 bits per heavy atom. The third kappa shape index (κ3) is 2.61. The van der Waals surface area contributed by atoms with E-state index in [1.165, 1.54) is 12.1 Å². The topological polar surface area (TPSA) is 92.7 Å². The van der Waals surface area contributed by atoms with Crippen molar-refractivity contribution in [3.05, 3.63) is 58.3 Å². The molecule has 1 amide bonds. The van der Waals surface area contributed by atoms with E-state index in [0.717, 1.165) is 29.7 Å². The van der Waals surface area contributed by atoms with Crippen molar-refractivity contribution < 1.29 is 4.79 Å². The number of hydrogen-bond donors (Lipinski definition) is 2. The number of fused-ring (bicyclic) bond motifs is 1. The number of H-pyrrole nitrogens is 1. The Labute approximate surface area is 131 Å². The Kier molecular flexibility index (Phi) is 3.18. The molecule has 0 unspecified atom stereocenters. The molecule has 3 aromatic rings. The largest absolute Gasteiger partial charge is 0.343 e. The van der Waals surface area contributed by atoms with Crippen LogP contribution in [0.15, 0.2) is 41.2 Å². The Hall–Kier alpha value is -2.96. The summed E-state index contributed by atoms with van der Waals surface area (Å²) in [7, 11) is 0. The van der Waals surface area contributed by atoms with Gasteiger partial charge in [-0.3, -0.25) is 9.59 Å². The van der Waals surface area contributed by atoms with E-state index in [0.29, 0.717) is 12.6 Å². The predicted octanol–water partition coefficient (Wildman–Crippen LogP) is 1.38. The SMILES string of the molecule is O=C(NCc1nc2ccccc2n1C1CC1)c1ccc(=O)[nH]n1. The molecule has 1 aromatic carbocycles. The zero-order valence-corrected chi connectivity index (χ0v) is 12.3. The first-order valence-electron chi connectivity index (χ1n) is 7.52. The summed E-state index contributed by atoms with van der Waals surface area (Å²) < 4.78 is 2.20. The van der Waals surface area contributed by atoms with Crippen LogP contribution in [0.3, 0.4) is 0 Å². The van der Waals surface area contributed by atoms with Gasteiger partial charge in [0, 0.05) is 12.1 Å². The molecule has 0 spiro atoms. The number of rotatable bonds is 4. The van der Waals surface area contributed by atoms with Crippen molar-refractivity contribution in [3.8, 4) is 0 Å². The number of para-hydroxylation sites is 2. The fraction of sp³-hybridized carbons (Fsp3) is 0.250. The van der Waals surface area contributed by atoms with Crippen molar-refractivity contribution in [2.45, 2.75) is 25.4 Å². The molecule has 0 saturated heterocycles. The molecular formula is C16H15N5O2. The fourth-order valence-corrected chi connectivity index (χ4v) is 2.68. The monoisotopic (exact) mass is 309 g/mol. The number of nitrogens with one attached hydrogen (secondary N) is 2. The fourth-order valence-electron chi connectivity index (χ4n) is 2.68.